The number of anilines is 1. The van der Waals surface area contributed by atoms with Gasteiger partial charge in [-0.2, -0.15) is 0 Å². The van der Waals surface area contributed by atoms with Gasteiger partial charge in [-0.3, -0.25) is 4.79 Å². The number of allylic oxidation sites excluding steroid dienone is 3. The van der Waals surface area contributed by atoms with Gasteiger partial charge in [-0.1, -0.05) is 0 Å². The summed E-state index contributed by atoms with van der Waals surface area (Å²) in [5.41, 5.74) is 3.41. The first-order valence-electron chi connectivity index (χ1n) is 10.4. The molecule has 2 rings (SSSR count). The molecule has 9 nitrogen and oxygen atoms in total. The molecule has 1 aromatic carbocycles. The number of nitrogens with zero attached hydrogens (tertiary/aromatic N) is 2. The van der Waals surface area contributed by atoms with Gasteiger partial charge in [-0.15, -0.1) is 0 Å². The van der Waals surface area contributed by atoms with Crippen molar-refractivity contribution in [3.8, 4) is 0 Å². The fraction of sp³-hybridized carbons (Fsp3) is 0.455. The molecule has 9 heteroatoms. The minimum Gasteiger partial charge on any atom is -0.633 e. The Kier molecular flexibility index (Phi) is 9.83. The molecule has 1 aliphatic carbocycles. The summed E-state index contributed by atoms with van der Waals surface area (Å²) in [6.45, 7) is 2.70. The summed E-state index contributed by atoms with van der Waals surface area (Å²) in [7, 11) is 0. The molecule has 0 unspecified atom stereocenters. The molecule has 0 atom stereocenters. The molecule has 0 amide bonds. The van der Waals surface area contributed by atoms with Gasteiger partial charge in [0.05, 0.1) is 43.5 Å². The Hall–Kier alpha value is -2.56. The minimum atomic E-state index is -0.597. The zero-order valence-corrected chi connectivity index (χ0v) is 17.9. The predicted molar refractivity (Wildman–Crippen MR) is 121 cm³/mol. The lowest BCUT2D eigenvalue weighted by molar-refractivity contribution is -0.881. The Balaban J connectivity index is 1.95. The van der Waals surface area contributed by atoms with Crippen LogP contribution in [0.3, 0.4) is 0 Å². The first kappa shape index (κ1) is 24.7. The van der Waals surface area contributed by atoms with E-state index in [1.165, 1.54) is 6.08 Å². The number of carbonyl (C=O) groups is 1. The molecule has 0 heterocycles. The van der Waals surface area contributed by atoms with Gasteiger partial charge in [-0.25, -0.2) is 4.99 Å². The number of aliphatic imine (C=N–C) groups is 1. The number of carbonyl (C=O) groups excluding carboxylic acids is 1. The third kappa shape index (κ3) is 7.89. The molecule has 1 aliphatic rings. The van der Waals surface area contributed by atoms with E-state index in [-0.39, 0.29) is 38.7 Å². The van der Waals surface area contributed by atoms with Gasteiger partial charge in [0.1, 0.15) is 13.1 Å². The summed E-state index contributed by atoms with van der Waals surface area (Å²) in [6.07, 6.45) is 3.82. The molecular weight excluding hydrogens is 400 g/mol. The third-order valence-corrected chi connectivity index (χ3v) is 4.92. The van der Waals surface area contributed by atoms with Crippen molar-refractivity contribution in [2.24, 2.45) is 4.99 Å². The molecule has 31 heavy (non-hydrogen) atoms. The number of aliphatic hydroxyl groups excluding tert-OH is 3. The second-order valence-electron chi connectivity index (χ2n) is 7.40. The molecule has 0 saturated heterocycles. The van der Waals surface area contributed by atoms with Crippen LogP contribution in [0.4, 0.5) is 11.4 Å². The first-order chi connectivity index (χ1) is 14.9. The lowest BCUT2D eigenvalue weighted by Gasteiger charge is -2.42. The first-order valence-corrected chi connectivity index (χ1v) is 10.4. The van der Waals surface area contributed by atoms with Crippen LogP contribution in [-0.2, 0) is 4.79 Å². The summed E-state index contributed by atoms with van der Waals surface area (Å²) in [5, 5.41) is 45.8. The van der Waals surface area contributed by atoms with Crippen molar-refractivity contribution < 1.29 is 24.8 Å². The van der Waals surface area contributed by atoms with E-state index in [9.17, 15) is 10.0 Å². The maximum Gasteiger partial charge on any atom is 0.183 e. The monoisotopic (exact) mass is 432 g/mol. The normalized spacial score (nSPS) is 15.6. The molecule has 170 valence electrons. The molecule has 0 fully saturated rings. The maximum atomic E-state index is 12.4. The van der Waals surface area contributed by atoms with E-state index in [0.29, 0.717) is 43.0 Å². The van der Waals surface area contributed by atoms with Crippen molar-refractivity contribution in [2.75, 3.05) is 57.9 Å². The smallest absolute Gasteiger partial charge is 0.183 e. The quantitative estimate of drug-likeness (QED) is 0.135. The SMILES string of the molecule is CC1=CC(=Nc2ccc(NCCC[N+]([O-])(CCO)CCO)cc2)C(NCCO)=CC1=O. The van der Waals surface area contributed by atoms with Gasteiger partial charge in [0.2, 0.25) is 0 Å². The highest BCUT2D eigenvalue weighted by Gasteiger charge is 2.16. The van der Waals surface area contributed by atoms with E-state index in [0.717, 1.165) is 11.4 Å². The average Bonchev–Trinajstić information content (AvgIpc) is 2.74. The van der Waals surface area contributed by atoms with Crippen LogP contribution in [0.5, 0.6) is 0 Å². The molecule has 0 bridgehead atoms. The molecule has 0 radical (unpaired) electrons. The predicted octanol–water partition coefficient (Wildman–Crippen LogP) is 0.855. The van der Waals surface area contributed by atoms with E-state index in [2.05, 4.69) is 15.6 Å². The third-order valence-electron chi connectivity index (χ3n) is 4.92. The summed E-state index contributed by atoms with van der Waals surface area (Å²) in [6, 6.07) is 7.47. The van der Waals surface area contributed by atoms with Crippen LogP contribution in [0, 0.1) is 5.21 Å². The standard InChI is InChI=1S/C22H32N4O5/c1-17-15-21(20(16-22(17)30)24-8-12-27)25-19-5-3-18(4-6-19)23-7-2-9-26(31,10-13-28)11-14-29/h3-6,15-16,23-24,27-29H,2,7-14H2,1H3. The Bertz CT molecular complexity index is 812. The Morgan fingerprint density at radius 1 is 0.935 bits per heavy atom. The van der Waals surface area contributed by atoms with Crippen LogP contribution < -0.4 is 10.6 Å². The van der Waals surface area contributed by atoms with Gasteiger partial charge < -0.3 is 35.8 Å². The number of aliphatic hydroxyl groups is 3. The molecule has 1 aromatic rings. The van der Waals surface area contributed by atoms with Crippen LogP contribution in [0.25, 0.3) is 0 Å². The van der Waals surface area contributed by atoms with Crippen LogP contribution in [0.1, 0.15) is 13.3 Å². The lowest BCUT2D eigenvalue weighted by Crippen LogP contribution is -2.47. The minimum absolute atomic E-state index is 0.0474. The van der Waals surface area contributed by atoms with E-state index in [1.807, 2.05) is 24.3 Å². The number of hydrogen-bond acceptors (Lipinski definition) is 8. The van der Waals surface area contributed by atoms with Gasteiger partial charge in [0.15, 0.2) is 5.78 Å². The maximum absolute atomic E-state index is 12.4. The van der Waals surface area contributed by atoms with Gasteiger partial charge in [0.25, 0.3) is 0 Å². The zero-order valence-electron chi connectivity index (χ0n) is 17.9. The van der Waals surface area contributed by atoms with Crippen molar-refractivity contribution in [3.63, 3.8) is 0 Å². The summed E-state index contributed by atoms with van der Waals surface area (Å²) < 4.78 is -0.597. The fourth-order valence-electron chi connectivity index (χ4n) is 3.19. The number of rotatable bonds is 13. The second kappa shape index (κ2) is 12.3. The van der Waals surface area contributed by atoms with E-state index in [1.54, 1.807) is 13.0 Å². The topological polar surface area (TPSA) is 137 Å². The van der Waals surface area contributed by atoms with Crippen molar-refractivity contribution in [1.82, 2.24) is 5.32 Å². The second-order valence-corrected chi connectivity index (χ2v) is 7.40. The molecule has 0 aliphatic heterocycles. The number of benzene rings is 1. The summed E-state index contributed by atoms with van der Waals surface area (Å²) in [4.78, 5) is 16.5. The lowest BCUT2D eigenvalue weighted by atomic mass is 10.0. The molecule has 5 N–H and O–H groups in total. The Morgan fingerprint density at radius 3 is 2.23 bits per heavy atom. The highest BCUT2D eigenvalue weighted by atomic mass is 16.5. The Morgan fingerprint density at radius 2 is 1.61 bits per heavy atom. The number of ketones is 1. The highest BCUT2D eigenvalue weighted by molar-refractivity contribution is 6.22. The number of quaternary nitrogens is 1. The highest BCUT2D eigenvalue weighted by Crippen LogP contribution is 2.20. The summed E-state index contributed by atoms with van der Waals surface area (Å²) in [5.74, 6) is -0.0855. The Labute approximate surface area is 182 Å². The van der Waals surface area contributed by atoms with Crippen molar-refractivity contribution >= 4 is 22.9 Å². The van der Waals surface area contributed by atoms with E-state index >= 15 is 0 Å². The van der Waals surface area contributed by atoms with E-state index < -0.39 is 4.65 Å². The zero-order chi connectivity index (χ0) is 22.7. The summed E-state index contributed by atoms with van der Waals surface area (Å²) >= 11 is 0. The number of hydroxylamine groups is 3. The van der Waals surface area contributed by atoms with Crippen LogP contribution in [-0.4, -0.2) is 84.0 Å². The van der Waals surface area contributed by atoms with Gasteiger partial charge in [0, 0.05) is 31.3 Å². The van der Waals surface area contributed by atoms with Crippen molar-refractivity contribution in [2.45, 2.75) is 13.3 Å². The van der Waals surface area contributed by atoms with Crippen molar-refractivity contribution in [3.05, 3.63) is 52.9 Å². The molecule has 0 spiro atoms. The van der Waals surface area contributed by atoms with Gasteiger partial charge in [-0.05, 0) is 42.8 Å². The van der Waals surface area contributed by atoms with Crippen LogP contribution in [0.2, 0.25) is 0 Å². The number of nitrogens with one attached hydrogen (secondary N) is 2. The average molecular weight is 433 g/mol. The molecule has 0 aromatic heterocycles. The van der Waals surface area contributed by atoms with Crippen molar-refractivity contribution in [1.29, 1.82) is 0 Å². The van der Waals surface area contributed by atoms with Crippen LogP contribution >= 0.6 is 0 Å². The van der Waals surface area contributed by atoms with E-state index in [4.69, 9.17) is 15.3 Å². The number of hydrogen-bond donors (Lipinski definition) is 5. The largest absolute Gasteiger partial charge is 0.633 e. The molecule has 0 saturated carbocycles. The fourth-order valence-corrected chi connectivity index (χ4v) is 3.19. The van der Waals surface area contributed by atoms with Crippen LogP contribution in [0.15, 0.2) is 52.7 Å². The molecular formula is C22H32N4O5. The van der Waals surface area contributed by atoms with Gasteiger partial charge >= 0.3 is 0 Å².